The first kappa shape index (κ1) is 15.0. The number of aliphatic hydroxyl groups is 1. The van der Waals surface area contributed by atoms with Crippen LogP contribution in [-0.2, 0) is 4.79 Å². The maximum atomic E-state index is 11.6. The van der Waals surface area contributed by atoms with Crippen molar-refractivity contribution < 1.29 is 9.90 Å². The zero-order valence-corrected chi connectivity index (χ0v) is 13.3. The van der Waals surface area contributed by atoms with Gasteiger partial charge in [0.05, 0.1) is 18.0 Å². The molecule has 6 heteroatoms. The molecule has 2 N–H and O–H groups in total. The monoisotopic (exact) mass is 381 g/mol. The Bertz CT molecular complexity index is 389. The highest BCUT2D eigenvalue weighted by atomic mass is 79.9. The molecule has 0 radical (unpaired) electrons. The van der Waals surface area contributed by atoms with E-state index in [0.717, 1.165) is 20.2 Å². The Morgan fingerprint density at radius 3 is 2.53 bits per heavy atom. The normalized spacial score (nSPS) is 10.4. The number of anilines is 1. The number of nitrogens with one attached hydrogen (secondary N) is 1. The summed E-state index contributed by atoms with van der Waals surface area (Å²) in [5, 5.41) is 11.4. The molecule has 0 bridgehead atoms. The fraction of sp³-hybridized carbons (Fsp3) is 0.364. The minimum absolute atomic E-state index is 0.0753. The van der Waals surface area contributed by atoms with Crippen molar-refractivity contribution >= 4 is 55.2 Å². The van der Waals surface area contributed by atoms with E-state index in [1.165, 1.54) is 11.8 Å². The van der Waals surface area contributed by atoms with Gasteiger partial charge in [-0.2, -0.15) is 0 Å². The van der Waals surface area contributed by atoms with E-state index in [1.54, 1.807) is 0 Å². The van der Waals surface area contributed by atoms with Gasteiger partial charge in [-0.3, -0.25) is 4.79 Å². The Balaban J connectivity index is 2.65. The Labute approximate surface area is 122 Å². The Kier molecular flexibility index (Phi) is 6.54. The minimum Gasteiger partial charge on any atom is -0.396 e. The highest BCUT2D eigenvalue weighted by Crippen LogP contribution is 2.32. The predicted molar refractivity (Wildman–Crippen MR) is 79.6 cm³/mol. The number of carbonyl (C=O) groups is 1. The van der Waals surface area contributed by atoms with Crippen LogP contribution in [0.15, 0.2) is 21.1 Å². The molecule has 0 aliphatic rings. The van der Waals surface area contributed by atoms with Gasteiger partial charge in [-0.25, -0.2) is 0 Å². The molecule has 0 spiro atoms. The number of carbonyl (C=O) groups excluding carboxylic acids is 1. The summed E-state index contributed by atoms with van der Waals surface area (Å²) < 4.78 is 1.70. The lowest BCUT2D eigenvalue weighted by molar-refractivity contribution is -0.113. The van der Waals surface area contributed by atoms with Crippen LogP contribution in [0.2, 0.25) is 0 Å². The maximum absolute atomic E-state index is 11.6. The third kappa shape index (κ3) is 4.99. The molecule has 1 aromatic rings. The molecule has 0 atom stereocenters. The second-order valence-electron chi connectivity index (χ2n) is 3.43. The first-order valence-corrected chi connectivity index (χ1v) is 7.72. The molecular weight excluding hydrogens is 370 g/mol. The first-order chi connectivity index (χ1) is 8.04. The van der Waals surface area contributed by atoms with Gasteiger partial charge in [-0.05, 0) is 56.5 Å². The van der Waals surface area contributed by atoms with Crippen molar-refractivity contribution in [3.63, 3.8) is 0 Å². The van der Waals surface area contributed by atoms with Crippen molar-refractivity contribution in [1.82, 2.24) is 0 Å². The third-order valence-electron chi connectivity index (χ3n) is 1.92. The molecule has 0 saturated carbocycles. The largest absolute Gasteiger partial charge is 0.396 e. The smallest absolute Gasteiger partial charge is 0.234 e. The summed E-state index contributed by atoms with van der Waals surface area (Å²) in [4.78, 5) is 11.6. The Hall–Kier alpha value is -0.0400. The molecule has 0 fully saturated rings. The van der Waals surface area contributed by atoms with E-state index >= 15 is 0 Å². The summed E-state index contributed by atoms with van der Waals surface area (Å²) in [6.45, 7) is 2.08. The molecule has 1 rings (SSSR count). The second kappa shape index (κ2) is 7.41. The lowest BCUT2D eigenvalue weighted by atomic mass is 10.2. The molecule has 17 heavy (non-hydrogen) atoms. The number of amides is 1. The Morgan fingerprint density at radius 2 is 2.00 bits per heavy atom. The van der Waals surface area contributed by atoms with Crippen molar-refractivity contribution in [3.05, 3.63) is 26.6 Å². The molecule has 1 amide bonds. The SMILES string of the molecule is Cc1cc(Br)c(NC(=O)CSCCO)c(Br)c1. The van der Waals surface area contributed by atoms with Gasteiger partial charge in [0, 0.05) is 14.7 Å². The molecule has 3 nitrogen and oxygen atoms in total. The van der Waals surface area contributed by atoms with Gasteiger partial charge in [0.1, 0.15) is 0 Å². The van der Waals surface area contributed by atoms with E-state index in [4.69, 9.17) is 5.11 Å². The summed E-state index contributed by atoms with van der Waals surface area (Å²) in [7, 11) is 0. The molecule has 0 heterocycles. The van der Waals surface area contributed by atoms with Crippen molar-refractivity contribution in [2.45, 2.75) is 6.92 Å². The summed E-state index contributed by atoms with van der Waals surface area (Å²) in [5.74, 6) is 0.838. The van der Waals surface area contributed by atoms with Crippen LogP contribution in [-0.4, -0.2) is 29.1 Å². The van der Waals surface area contributed by atoms with Crippen molar-refractivity contribution in [2.24, 2.45) is 0 Å². The minimum atomic E-state index is -0.0753. The van der Waals surface area contributed by atoms with E-state index in [-0.39, 0.29) is 12.5 Å². The fourth-order valence-corrected chi connectivity index (χ4v) is 3.37. The maximum Gasteiger partial charge on any atom is 0.234 e. The van der Waals surface area contributed by atoms with Crippen LogP contribution in [0.4, 0.5) is 5.69 Å². The molecular formula is C11H13Br2NO2S. The zero-order chi connectivity index (χ0) is 12.8. The zero-order valence-electron chi connectivity index (χ0n) is 9.30. The van der Waals surface area contributed by atoms with Crippen molar-refractivity contribution in [3.8, 4) is 0 Å². The number of halogens is 2. The van der Waals surface area contributed by atoms with Gasteiger partial charge in [0.2, 0.25) is 5.91 Å². The van der Waals surface area contributed by atoms with Crippen LogP contribution in [0, 0.1) is 6.92 Å². The van der Waals surface area contributed by atoms with Gasteiger partial charge in [-0.1, -0.05) is 0 Å². The number of hydrogen-bond acceptors (Lipinski definition) is 3. The average molecular weight is 383 g/mol. The summed E-state index contributed by atoms with van der Waals surface area (Å²) in [6.07, 6.45) is 0. The quantitative estimate of drug-likeness (QED) is 0.769. The topological polar surface area (TPSA) is 49.3 Å². The molecule has 0 aliphatic heterocycles. The van der Waals surface area contributed by atoms with Gasteiger partial charge < -0.3 is 10.4 Å². The molecule has 1 aromatic carbocycles. The lowest BCUT2D eigenvalue weighted by Gasteiger charge is -2.10. The predicted octanol–water partition coefficient (Wildman–Crippen LogP) is 3.18. The van der Waals surface area contributed by atoms with E-state index in [1.807, 2.05) is 19.1 Å². The van der Waals surface area contributed by atoms with Crippen LogP contribution in [0.1, 0.15) is 5.56 Å². The molecule has 0 aliphatic carbocycles. The molecule has 0 aromatic heterocycles. The van der Waals surface area contributed by atoms with Crippen LogP contribution in [0.25, 0.3) is 0 Å². The number of benzene rings is 1. The van der Waals surface area contributed by atoms with Gasteiger partial charge in [0.25, 0.3) is 0 Å². The van der Waals surface area contributed by atoms with E-state index < -0.39 is 0 Å². The first-order valence-electron chi connectivity index (χ1n) is 4.98. The van der Waals surface area contributed by atoms with Gasteiger partial charge >= 0.3 is 0 Å². The number of aliphatic hydroxyl groups excluding tert-OH is 1. The number of aryl methyl sites for hydroxylation is 1. The molecule has 94 valence electrons. The Morgan fingerprint density at radius 1 is 1.41 bits per heavy atom. The summed E-state index contributed by atoms with van der Waals surface area (Å²) in [6, 6.07) is 3.89. The van der Waals surface area contributed by atoms with Crippen LogP contribution in [0.5, 0.6) is 0 Å². The number of rotatable bonds is 5. The highest BCUT2D eigenvalue weighted by Gasteiger charge is 2.09. The van der Waals surface area contributed by atoms with Crippen LogP contribution in [0.3, 0.4) is 0 Å². The standard InChI is InChI=1S/C11H13Br2NO2S/c1-7-4-8(12)11(9(13)5-7)14-10(16)6-17-3-2-15/h4-5,15H,2-3,6H2,1H3,(H,14,16). The highest BCUT2D eigenvalue weighted by molar-refractivity contribution is 9.11. The van der Waals surface area contributed by atoms with Crippen LogP contribution < -0.4 is 5.32 Å². The van der Waals surface area contributed by atoms with E-state index in [2.05, 4.69) is 37.2 Å². The summed E-state index contributed by atoms with van der Waals surface area (Å²) in [5.41, 5.74) is 1.85. The van der Waals surface area contributed by atoms with Crippen LogP contribution >= 0.6 is 43.6 Å². The fourth-order valence-electron chi connectivity index (χ4n) is 1.22. The van der Waals surface area contributed by atoms with Crippen molar-refractivity contribution in [1.29, 1.82) is 0 Å². The van der Waals surface area contributed by atoms with Crippen molar-refractivity contribution in [2.75, 3.05) is 23.4 Å². The average Bonchev–Trinajstić information content (AvgIpc) is 2.24. The third-order valence-corrected chi connectivity index (χ3v) is 4.11. The lowest BCUT2D eigenvalue weighted by Crippen LogP contribution is -2.15. The van der Waals surface area contributed by atoms with E-state index in [9.17, 15) is 4.79 Å². The molecule has 0 unspecified atom stereocenters. The number of hydrogen-bond donors (Lipinski definition) is 2. The van der Waals surface area contributed by atoms with Gasteiger partial charge in [-0.15, -0.1) is 11.8 Å². The number of thioether (sulfide) groups is 1. The second-order valence-corrected chi connectivity index (χ2v) is 6.24. The van der Waals surface area contributed by atoms with E-state index in [0.29, 0.717) is 11.5 Å². The molecule has 0 saturated heterocycles. The van der Waals surface area contributed by atoms with Gasteiger partial charge in [0.15, 0.2) is 0 Å². The summed E-state index contributed by atoms with van der Waals surface area (Å²) >= 11 is 8.24.